The first-order chi connectivity index (χ1) is 9.16. The van der Waals surface area contributed by atoms with Gasteiger partial charge in [0.15, 0.2) is 0 Å². The summed E-state index contributed by atoms with van der Waals surface area (Å²) >= 11 is 5.35. The van der Waals surface area contributed by atoms with Gasteiger partial charge in [-0.25, -0.2) is 0 Å². The maximum atomic E-state index is 12.0. The normalized spacial score (nSPS) is 10.5. The molecule has 2 nitrogen and oxygen atoms in total. The number of benzene rings is 1. The lowest BCUT2D eigenvalue weighted by atomic mass is 10.1. The van der Waals surface area contributed by atoms with Crippen LogP contribution in [0.15, 0.2) is 22.7 Å². The van der Waals surface area contributed by atoms with Crippen LogP contribution < -0.4 is 5.32 Å². The molecule has 4 heteroatoms. The molecule has 0 spiro atoms. The highest BCUT2D eigenvalue weighted by Gasteiger charge is 2.09. The van der Waals surface area contributed by atoms with E-state index < -0.39 is 0 Å². The number of amides is 1. The van der Waals surface area contributed by atoms with E-state index in [2.05, 4.69) is 27.5 Å². The van der Waals surface area contributed by atoms with E-state index in [0.29, 0.717) is 0 Å². The van der Waals surface area contributed by atoms with Crippen molar-refractivity contribution in [2.75, 3.05) is 18.6 Å². The van der Waals surface area contributed by atoms with Crippen molar-refractivity contribution in [1.29, 1.82) is 0 Å². The predicted octanol–water partition coefficient (Wildman–Crippen LogP) is 4.41. The number of rotatable bonds is 8. The van der Waals surface area contributed by atoms with Crippen LogP contribution in [0.1, 0.15) is 41.6 Å². The van der Waals surface area contributed by atoms with Gasteiger partial charge >= 0.3 is 0 Å². The smallest absolute Gasteiger partial charge is 0.251 e. The zero-order valence-electron chi connectivity index (χ0n) is 11.7. The average Bonchev–Trinajstić information content (AvgIpc) is 2.40. The molecule has 0 saturated carbocycles. The summed E-state index contributed by atoms with van der Waals surface area (Å²) in [6, 6.07) is 5.72. The molecule has 106 valence electrons. The Labute approximate surface area is 128 Å². The molecule has 0 aromatic heterocycles. The van der Waals surface area contributed by atoms with Crippen molar-refractivity contribution in [2.45, 2.75) is 32.6 Å². The van der Waals surface area contributed by atoms with Gasteiger partial charge < -0.3 is 5.32 Å². The van der Waals surface area contributed by atoms with Gasteiger partial charge in [-0.05, 0) is 49.5 Å². The minimum absolute atomic E-state index is 0.0305. The SMILES string of the molecule is CSCCCCCCNC(=O)c1cccc(Br)c1C. The number of nitrogens with one attached hydrogen (secondary N) is 1. The first-order valence-corrected chi connectivity index (χ1v) is 8.87. The van der Waals surface area contributed by atoms with Gasteiger partial charge in [0.05, 0.1) is 0 Å². The molecule has 0 aliphatic heterocycles. The van der Waals surface area contributed by atoms with Crippen molar-refractivity contribution >= 4 is 33.6 Å². The minimum Gasteiger partial charge on any atom is -0.352 e. The molecule has 1 amide bonds. The molecule has 0 saturated heterocycles. The van der Waals surface area contributed by atoms with Gasteiger partial charge in [0.25, 0.3) is 5.91 Å². The van der Waals surface area contributed by atoms with Crippen molar-refractivity contribution < 1.29 is 4.79 Å². The Balaban J connectivity index is 2.26. The average molecular weight is 344 g/mol. The predicted molar refractivity (Wildman–Crippen MR) is 88.1 cm³/mol. The highest BCUT2D eigenvalue weighted by atomic mass is 79.9. The quantitative estimate of drug-likeness (QED) is 0.708. The van der Waals surface area contributed by atoms with E-state index in [1.165, 1.54) is 25.0 Å². The molecule has 0 unspecified atom stereocenters. The second kappa shape index (κ2) is 9.43. The van der Waals surface area contributed by atoms with Crippen LogP contribution >= 0.6 is 27.7 Å². The van der Waals surface area contributed by atoms with E-state index in [-0.39, 0.29) is 5.91 Å². The van der Waals surface area contributed by atoms with Gasteiger partial charge in [-0.2, -0.15) is 11.8 Å². The number of thioether (sulfide) groups is 1. The Bertz CT molecular complexity index is 409. The minimum atomic E-state index is 0.0305. The van der Waals surface area contributed by atoms with E-state index in [1.807, 2.05) is 36.9 Å². The molecular formula is C15H22BrNOS. The maximum Gasteiger partial charge on any atom is 0.251 e. The van der Waals surface area contributed by atoms with E-state index >= 15 is 0 Å². The first-order valence-electron chi connectivity index (χ1n) is 6.69. The summed E-state index contributed by atoms with van der Waals surface area (Å²) in [7, 11) is 0. The zero-order chi connectivity index (χ0) is 14.1. The Hall–Kier alpha value is -0.480. The van der Waals surface area contributed by atoms with Crippen molar-refractivity contribution in [3.8, 4) is 0 Å². The summed E-state index contributed by atoms with van der Waals surface area (Å²) in [6.07, 6.45) is 6.93. The van der Waals surface area contributed by atoms with Crippen LogP contribution in [0.4, 0.5) is 0 Å². The van der Waals surface area contributed by atoms with Crippen molar-refractivity contribution in [2.24, 2.45) is 0 Å². The second-order valence-electron chi connectivity index (χ2n) is 4.58. The summed E-state index contributed by atoms with van der Waals surface area (Å²) in [5.41, 5.74) is 1.76. The van der Waals surface area contributed by atoms with Crippen LogP contribution in [0.5, 0.6) is 0 Å². The largest absolute Gasteiger partial charge is 0.352 e. The van der Waals surface area contributed by atoms with Crippen LogP contribution in [-0.2, 0) is 0 Å². The van der Waals surface area contributed by atoms with Gasteiger partial charge in [0.2, 0.25) is 0 Å². The Morgan fingerprint density at radius 3 is 2.74 bits per heavy atom. The molecule has 0 aliphatic rings. The molecule has 19 heavy (non-hydrogen) atoms. The molecule has 0 atom stereocenters. The fraction of sp³-hybridized carbons (Fsp3) is 0.533. The van der Waals surface area contributed by atoms with Crippen LogP contribution in [-0.4, -0.2) is 24.5 Å². The Morgan fingerprint density at radius 2 is 2.00 bits per heavy atom. The lowest BCUT2D eigenvalue weighted by molar-refractivity contribution is 0.0952. The summed E-state index contributed by atoms with van der Waals surface area (Å²) < 4.78 is 0.984. The third-order valence-corrected chi connectivity index (χ3v) is 4.63. The summed E-state index contributed by atoms with van der Waals surface area (Å²) in [4.78, 5) is 12.0. The molecule has 1 N–H and O–H groups in total. The second-order valence-corrected chi connectivity index (χ2v) is 6.42. The van der Waals surface area contributed by atoms with Crippen molar-refractivity contribution in [3.05, 3.63) is 33.8 Å². The van der Waals surface area contributed by atoms with Gasteiger partial charge in [-0.1, -0.05) is 34.8 Å². The van der Waals surface area contributed by atoms with Crippen molar-refractivity contribution in [1.82, 2.24) is 5.32 Å². The maximum absolute atomic E-state index is 12.0. The van der Waals surface area contributed by atoms with Crippen LogP contribution in [0.3, 0.4) is 0 Å². The number of hydrogen-bond acceptors (Lipinski definition) is 2. The highest BCUT2D eigenvalue weighted by Crippen LogP contribution is 2.19. The molecule has 1 aromatic carbocycles. The lowest BCUT2D eigenvalue weighted by Gasteiger charge is -2.08. The fourth-order valence-corrected chi connectivity index (χ4v) is 2.73. The topological polar surface area (TPSA) is 29.1 Å². The molecule has 1 rings (SSSR count). The van der Waals surface area contributed by atoms with Crippen LogP contribution in [0, 0.1) is 6.92 Å². The molecular weight excluding hydrogens is 322 g/mol. The number of unbranched alkanes of at least 4 members (excludes halogenated alkanes) is 3. The monoisotopic (exact) mass is 343 g/mol. The number of hydrogen-bond donors (Lipinski definition) is 1. The van der Waals surface area contributed by atoms with Crippen LogP contribution in [0.25, 0.3) is 0 Å². The molecule has 0 radical (unpaired) electrons. The molecule has 0 aliphatic carbocycles. The lowest BCUT2D eigenvalue weighted by Crippen LogP contribution is -2.25. The fourth-order valence-electron chi connectivity index (χ4n) is 1.88. The molecule has 1 aromatic rings. The number of carbonyl (C=O) groups excluding carboxylic acids is 1. The standard InChI is InChI=1S/C15H22BrNOS/c1-12-13(8-7-9-14(12)16)15(18)17-10-5-3-4-6-11-19-2/h7-9H,3-6,10-11H2,1-2H3,(H,17,18). The zero-order valence-corrected chi connectivity index (χ0v) is 14.1. The van der Waals surface area contributed by atoms with Gasteiger partial charge in [0, 0.05) is 16.6 Å². The summed E-state index contributed by atoms with van der Waals surface area (Å²) in [5.74, 6) is 1.27. The van der Waals surface area contributed by atoms with Crippen molar-refractivity contribution in [3.63, 3.8) is 0 Å². The molecule has 0 fully saturated rings. The van der Waals surface area contributed by atoms with Crippen LogP contribution in [0.2, 0.25) is 0 Å². The van der Waals surface area contributed by atoms with Gasteiger partial charge in [-0.3, -0.25) is 4.79 Å². The van der Waals surface area contributed by atoms with E-state index in [0.717, 1.165) is 28.6 Å². The Kier molecular flexibility index (Phi) is 8.22. The third kappa shape index (κ3) is 6.00. The molecule has 0 bridgehead atoms. The number of carbonyl (C=O) groups is 1. The Morgan fingerprint density at radius 1 is 1.26 bits per heavy atom. The highest BCUT2D eigenvalue weighted by molar-refractivity contribution is 9.10. The van der Waals surface area contributed by atoms with Gasteiger partial charge in [-0.15, -0.1) is 0 Å². The third-order valence-electron chi connectivity index (χ3n) is 3.07. The first kappa shape index (κ1) is 16.6. The van der Waals surface area contributed by atoms with E-state index in [4.69, 9.17) is 0 Å². The van der Waals surface area contributed by atoms with E-state index in [9.17, 15) is 4.79 Å². The number of halogens is 1. The van der Waals surface area contributed by atoms with E-state index in [1.54, 1.807) is 0 Å². The van der Waals surface area contributed by atoms with Gasteiger partial charge in [0.1, 0.15) is 0 Å². The summed E-state index contributed by atoms with van der Waals surface area (Å²) in [5, 5.41) is 2.99. The summed E-state index contributed by atoms with van der Waals surface area (Å²) in [6.45, 7) is 2.73. The molecule has 0 heterocycles.